The molecule has 3 fully saturated rings. The summed E-state index contributed by atoms with van der Waals surface area (Å²) in [6.45, 7) is -1.01. The minimum Gasteiger partial charge on any atom is -0.507 e. The zero-order chi connectivity index (χ0) is 28.0. The molecule has 0 aromatic heterocycles. The lowest BCUT2D eigenvalue weighted by Crippen LogP contribution is -2.73. The van der Waals surface area contributed by atoms with Crippen LogP contribution >= 0.6 is 0 Å². The lowest BCUT2D eigenvalue weighted by atomic mass is 9.67. The van der Waals surface area contributed by atoms with Crippen LogP contribution in [-0.2, 0) is 20.7 Å². The van der Waals surface area contributed by atoms with Crippen LogP contribution in [0.15, 0.2) is 18.2 Å². The smallest absolute Gasteiger partial charge is 0.202 e. The average molecular weight is 542 g/mol. The molecule has 2 aromatic carbocycles. The van der Waals surface area contributed by atoms with Gasteiger partial charge in [0, 0.05) is 36.0 Å². The highest BCUT2D eigenvalue weighted by molar-refractivity contribution is 6.31. The number of rotatable bonds is 5. The van der Waals surface area contributed by atoms with Crippen LogP contribution in [0.25, 0.3) is 0 Å². The van der Waals surface area contributed by atoms with Crippen LogP contribution in [0.2, 0.25) is 0 Å². The molecule has 2 bridgehead atoms. The first-order chi connectivity index (χ1) is 18.4. The van der Waals surface area contributed by atoms with Crippen LogP contribution in [-0.4, -0.2) is 86.2 Å². The van der Waals surface area contributed by atoms with Crippen molar-refractivity contribution in [3.8, 4) is 17.2 Å². The molecule has 2 aromatic rings. The predicted molar refractivity (Wildman–Crippen MR) is 130 cm³/mol. The van der Waals surface area contributed by atoms with Gasteiger partial charge in [-0.1, -0.05) is 12.1 Å². The Morgan fingerprint density at radius 1 is 1.10 bits per heavy atom. The number of ether oxygens (including phenoxy) is 3. The van der Waals surface area contributed by atoms with Gasteiger partial charge in [0.1, 0.15) is 29.5 Å². The number of fused-ring (bicyclic) bond motifs is 5. The Morgan fingerprint density at radius 3 is 2.46 bits per heavy atom. The number of phenolic OH excluding ortho intramolecular Hbond substituents is 2. The fourth-order valence-electron chi connectivity index (χ4n) is 6.35. The normalized spacial score (nSPS) is 32.5. The van der Waals surface area contributed by atoms with Crippen LogP contribution in [0.5, 0.6) is 17.2 Å². The quantitative estimate of drug-likeness (QED) is 0.231. The summed E-state index contributed by atoms with van der Waals surface area (Å²) >= 11 is 0. The van der Waals surface area contributed by atoms with Gasteiger partial charge in [-0.05, 0) is 12.5 Å². The van der Waals surface area contributed by atoms with Crippen molar-refractivity contribution in [3.63, 3.8) is 0 Å². The molecule has 12 nitrogen and oxygen atoms in total. The van der Waals surface area contributed by atoms with E-state index in [1.54, 1.807) is 0 Å². The van der Waals surface area contributed by atoms with E-state index in [0.717, 1.165) is 0 Å². The highest BCUT2D eigenvalue weighted by atomic mass is 16.7. The number of aromatic hydroxyl groups is 2. The van der Waals surface area contributed by atoms with Gasteiger partial charge < -0.3 is 45.5 Å². The number of aliphatic hydroxyl groups is 3. The first-order valence-corrected chi connectivity index (χ1v) is 12.5. The van der Waals surface area contributed by atoms with Gasteiger partial charge in [0.05, 0.1) is 47.7 Å². The van der Waals surface area contributed by atoms with E-state index in [0.29, 0.717) is 6.42 Å². The van der Waals surface area contributed by atoms with Crippen LogP contribution < -0.4 is 10.5 Å². The molecule has 0 spiro atoms. The minimum atomic E-state index is -2.23. The second-order valence-electron chi connectivity index (χ2n) is 10.7. The molecule has 7 N–H and O–H groups in total. The Hall–Kier alpha value is -3.39. The number of hydrogen-bond acceptors (Lipinski definition) is 12. The maximum absolute atomic E-state index is 13.6. The van der Waals surface area contributed by atoms with Crippen molar-refractivity contribution in [3.05, 3.63) is 51.6 Å². The van der Waals surface area contributed by atoms with E-state index in [-0.39, 0.29) is 34.4 Å². The Kier molecular flexibility index (Phi) is 5.67. The summed E-state index contributed by atoms with van der Waals surface area (Å²) in [6.07, 6.45) is -4.39. The second kappa shape index (κ2) is 8.55. The third-order valence-electron chi connectivity index (χ3n) is 8.45. The number of carbonyl (C=O) groups is 3. The maximum Gasteiger partial charge on any atom is 0.202 e. The van der Waals surface area contributed by atoms with Crippen molar-refractivity contribution in [2.45, 2.75) is 61.4 Å². The molecular formula is C27H27NO11. The molecule has 2 aliphatic heterocycles. The highest BCUT2D eigenvalue weighted by Crippen LogP contribution is 2.53. The highest BCUT2D eigenvalue weighted by Gasteiger charge is 2.58. The number of ketones is 3. The molecule has 2 heterocycles. The number of nitrogens with two attached hydrogens (primary N) is 1. The number of hydrogen-bond donors (Lipinski definition) is 6. The summed E-state index contributed by atoms with van der Waals surface area (Å²) in [5, 5.41) is 53.8. The summed E-state index contributed by atoms with van der Waals surface area (Å²) in [4.78, 5) is 39.8. The first kappa shape index (κ1) is 25.9. The van der Waals surface area contributed by atoms with E-state index in [4.69, 9.17) is 19.9 Å². The summed E-state index contributed by atoms with van der Waals surface area (Å²) in [6, 6.07) is 4.37. The van der Waals surface area contributed by atoms with Crippen molar-refractivity contribution < 1.29 is 54.1 Å². The van der Waals surface area contributed by atoms with Gasteiger partial charge in [-0.2, -0.15) is 0 Å². The SMILES string of the molecule is COc1cccc2c1C(=O)c1c(O)c3c(c(O)c1C2=O)C[C@@](O)(C(=O)CO)C[C@@H]3O[C@H]1CC2(N)CC(O1)[C@H]2O. The summed E-state index contributed by atoms with van der Waals surface area (Å²) in [5.74, 6) is -3.74. The monoisotopic (exact) mass is 541 g/mol. The molecule has 0 radical (unpaired) electrons. The number of carbonyl (C=O) groups excluding carboxylic acids is 3. The zero-order valence-corrected chi connectivity index (χ0v) is 20.8. The number of benzene rings is 2. The van der Waals surface area contributed by atoms with Crippen molar-refractivity contribution in [2.24, 2.45) is 5.73 Å². The van der Waals surface area contributed by atoms with Gasteiger partial charge in [0.25, 0.3) is 0 Å². The number of phenols is 2. The molecular weight excluding hydrogens is 514 g/mol. The Bertz CT molecular complexity index is 1450. The predicted octanol–water partition coefficient (Wildman–Crippen LogP) is -0.245. The Morgan fingerprint density at radius 2 is 1.82 bits per heavy atom. The van der Waals surface area contributed by atoms with Crippen molar-refractivity contribution in [2.75, 3.05) is 13.7 Å². The molecule has 5 aliphatic rings. The van der Waals surface area contributed by atoms with E-state index in [9.17, 15) is 39.9 Å². The average Bonchev–Trinajstić information content (AvgIpc) is 2.91. The minimum absolute atomic E-state index is 0.0477. The third-order valence-corrected chi connectivity index (χ3v) is 8.45. The fraction of sp³-hybridized carbons (Fsp3) is 0.444. The standard InChI is InChI=1S/C27H27NO11/c1-37-12-4-2-3-10-17(12)23(33)20-19(21(10)31)22(32)11-5-27(36,15(30)9-29)7-13(18(11)24(20)34)38-16-8-26(28)6-14(39-16)25(26)35/h2-4,13-14,16,25,29,32,34-36H,5-9,28H2,1H3/t13-,14?,16+,25+,26?,27-/m0/s1. The van der Waals surface area contributed by atoms with E-state index < -0.39 is 95.2 Å². The molecule has 3 aliphatic carbocycles. The molecule has 1 saturated carbocycles. The van der Waals surface area contributed by atoms with E-state index in [1.807, 2.05) is 0 Å². The van der Waals surface area contributed by atoms with Gasteiger partial charge >= 0.3 is 0 Å². The summed E-state index contributed by atoms with van der Waals surface area (Å²) in [5.41, 5.74) is 1.68. The molecule has 6 atom stereocenters. The number of aliphatic hydroxyl groups excluding tert-OH is 2. The Balaban J connectivity index is 1.51. The van der Waals surface area contributed by atoms with Gasteiger partial charge in [-0.3, -0.25) is 14.4 Å². The molecule has 0 amide bonds. The van der Waals surface area contributed by atoms with Crippen molar-refractivity contribution in [1.29, 1.82) is 0 Å². The van der Waals surface area contributed by atoms with Gasteiger partial charge in [-0.25, -0.2) is 0 Å². The van der Waals surface area contributed by atoms with Gasteiger partial charge in [0.2, 0.25) is 5.78 Å². The van der Waals surface area contributed by atoms with Crippen LogP contribution in [0, 0.1) is 0 Å². The van der Waals surface area contributed by atoms with E-state index in [1.165, 1.54) is 25.3 Å². The summed E-state index contributed by atoms with van der Waals surface area (Å²) < 4.78 is 17.1. The van der Waals surface area contributed by atoms with Crippen LogP contribution in [0.1, 0.15) is 68.3 Å². The molecule has 12 heteroatoms. The number of methoxy groups -OCH3 is 1. The van der Waals surface area contributed by atoms with Gasteiger partial charge in [-0.15, -0.1) is 0 Å². The first-order valence-electron chi connectivity index (χ1n) is 12.5. The molecule has 7 rings (SSSR count). The maximum atomic E-state index is 13.6. The van der Waals surface area contributed by atoms with Crippen LogP contribution in [0.3, 0.4) is 0 Å². The van der Waals surface area contributed by atoms with Crippen molar-refractivity contribution >= 4 is 17.3 Å². The fourth-order valence-corrected chi connectivity index (χ4v) is 6.35. The zero-order valence-electron chi connectivity index (χ0n) is 20.8. The van der Waals surface area contributed by atoms with Crippen molar-refractivity contribution in [1.82, 2.24) is 0 Å². The molecule has 2 unspecified atom stereocenters. The molecule has 206 valence electrons. The van der Waals surface area contributed by atoms with E-state index in [2.05, 4.69) is 0 Å². The third kappa shape index (κ3) is 3.50. The lowest BCUT2D eigenvalue weighted by molar-refractivity contribution is -0.308. The van der Waals surface area contributed by atoms with E-state index >= 15 is 0 Å². The summed E-state index contributed by atoms with van der Waals surface area (Å²) in [7, 11) is 1.33. The second-order valence-corrected chi connectivity index (χ2v) is 10.7. The molecule has 39 heavy (non-hydrogen) atoms. The topological polar surface area (TPSA) is 206 Å². The Labute approximate surface area is 221 Å². The largest absolute Gasteiger partial charge is 0.507 e. The van der Waals surface area contributed by atoms with Gasteiger partial charge in [0.15, 0.2) is 17.9 Å². The van der Waals surface area contributed by atoms with Crippen LogP contribution in [0.4, 0.5) is 0 Å². The number of Topliss-reactive ketones (excluding diaryl/α,β-unsaturated/α-hetero) is 1. The lowest BCUT2D eigenvalue weighted by Gasteiger charge is -2.56. The molecule has 2 saturated heterocycles.